The molecule has 1 fully saturated rings. The number of fused-ring (bicyclic) bond motifs is 1. The van der Waals surface area contributed by atoms with Crippen molar-refractivity contribution in [1.82, 2.24) is 4.31 Å². The van der Waals surface area contributed by atoms with Crippen molar-refractivity contribution in [1.29, 1.82) is 0 Å². The molecule has 0 unspecified atom stereocenters. The van der Waals surface area contributed by atoms with Gasteiger partial charge in [0.25, 0.3) is 5.91 Å². The average Bonchev–Trinajstić information content (AvgIpc) is 3.44. The number of halogens is 1. The first-order valence-electron chi connectivity index (χ1n) is 11.7. The van der Waals surface area contributed by atoms with Crippen LogP contribution < -0.4 is 15.7 Å². The largest absolute Gasteiger partial charge is 0.482 e. The molecule has 0 spiro atoms. The molecule has 5 rings (SSSR count). The van der Waals surface area contributed by atoms with Gasteiger partial charge in [-0.15, -0.1) is 0 Å². The molecule has 37 heavy (non-hydrogen) atoms. The minimum absolute atomic E-state index is 0.120. The Balaban J connectivity index is 1.32. The van der Waals surface area contributed by atoms with E-state index in [0.717, 1.165) is 18.4 Å². The summed E-state index contributed by atoms with van der Waals surface area (Å²) in [5.74, 6) is -0.339. The smallest absolute Gasteiger partial charge is 0.336 e. The van der Waals surface area contributed by atoms with E-state index < -0.39 is 28.2 Å². The maximum Gasteiger partial charge on any atom is 0.336 e. The molecule has 0 bridgehead atoms. The molecule has 3 aromatic carbocycles. The summed E-state index contributed by atoms with van der Waals surface area (Å²) in [6.07, 6.45) is 1.67. The molecule has 1 aliphatic rings. The van der Waals surface area contributed by atoms with Crippen molar-refractivity contribution >= 4 is 44.2 Å². The van der Waals surface area contributed by atoms with Crippen molar-refractivity contribution in [2.24, 2.45) is 0 Å². The number of benzene rings is 3. The Kier molecular flexibility index (Phi) is 7.01. The lowest BCUT2D eigenvalue weighted by Crippen LogP contribution is -2.28. The van der Waals surface area contributed by atoms with E-state index in [2.05, 4.69) is 5.32 Å². The lowest BCUT2D eigenvalue weighted by atomic mass is 10.0. The number of amides is 1. The lowest BCUT2D eigenvalue weighted by Gasteiger charge is -2.16. The molecule has 1 saturated heterocycles. The van der Waals surface area contributed by atoms with Crippen LogP contribution in [0.3, 0.4) is 0 Å². The molecule has 10 heteroatoms. The highest BCUT2D eigenvalue weighted by molar-refractivity contribution is 7.89. The van der Waals surface area contributed by atoms with E-state index >= 15 is 0 Å². The number of carbonyl (C=O) groups is 1. The van der Waals surface area contributed by atoms with Crippen molar-refractivity contribution < 1.29 is 22.4 Å². The summed E-state index contributed by atoms with van der Waals surface area (Å²) in [5.41, 5.74) is 1.57. The first kappa shape index (κ1) is 25.0. The van der Waals surface area contributed by atoms with E-state index in [1.807, 2.05) is 30.3 Å². The number of rotatable bonds is 7. The van der Waals surface area contributed by atoms with Crippen LogP contribution in [0.5, 0.6) is 5.75 Å². The fraction of sp³-hybridized carbons (Fsp3) is 0.185. The van der Waals surface area contributed by atoms with Crippen molar-refractivity contribution in [2.45, 2.75) is 17.7 Å². The molecule has 190 valence electrons. The standard InChI is InChI=1S/C27H23ClN2O6S/c28-23-14-22-21(18-7-2-1-3-8-18)15-27(32)36-24(22)16-25(23)35-17-26(31)29-19-9-6-10-20(13-19)37(33,34)30-11-4-5-12-30/h1-3,6-10,13-16H,4-5,11-12,17H2,(H,29,31). The third-order valence-corrected chi connectivity index (χ3v) is 8.25. The first-order chi connectivity index (χ1) is 17.8. The number of hydrogen-bond acceptors (Lipinski definition) is 6. The minimum atomic E-state index is -3.61. The van der Waals surface area contributed by atoms with Gasteiger partial charge in [-0.3, -0.25) is 4.79 Å². The summed E-state index contributed by atoms with van der Waals surface area (Å²) >= 11 is 6.43. The maximum atomic E-state index is 12.8. The van der Waals surface area contributed by atoms with E-state index in [9.17, 15) is 18.0 Å². The second kappa shape index (κ2) is 10.4. The van der Waals surface area contributed by atoms with Gasteiger partial charge >= 0.3 is 5.63 Å². The summed E-state index contributed by atoms with van der Waals surface area (Å²) in [7, 11) is -3.61. The number of anilines is 1. The molecule has 1 aromatic heterocycles. The molecule has 2 heterocycles. The van der Waals surface area contributed by atoms with Crippen molar-refractivity contribution in [3.8, 4) is 16.9 Å². The highest BCUT2D eigenvalue weighted by Crippen LogP contribution is 2.35. The van der Waals surface area contributed by atoms with Gasteiger partial charge in [-0.25, -0.2) is 13.2 Å². The fourth-order valence-corrected chi connectivity index (χ4v) is 6.06. The summed E-state index contributed by atoms with van der Waals surface area (Å²) in [6.45, 7) is 0.593. The van der Waals surface area contributed by atoms with Crippen molar-refractivity contribution in [3.05, 3.63) is 88.2 Å². The molecule has 0 saturated carbocycles. The van der Waals surface area contributed by atoms with Crippen LogP contribution in [0.2, 0.25) is 5.02 Å². The molecular weight excluding hydrogens is 516 g/mol. The average molecular weight is 539 g/mol. The van der Waals surface area contributed by atoms with Gasteiger partial charge in [0.1, 0.15) is 11.3 Å². The van der Waals surface area contributed by atoms with Gasteiger partial charge in [-0.2, -0.15) is 4.31 Å². The van der Waals surface area contributed by atoms with Gasteiger partial charge in [0, 0.05) is 36.3 Å². The minimum Gasteiger partial charge on any atom is -0.482 e. The van der Waals surface area contributed by atoms with E-state index in [0.29, 0.717) is 29.7 Å². The number of ether oxygens (including phenoxy) is 1. The zero-order valence-electron chi connectivity index (χ0n) is 19.6. The van der Waals surface area contributed by atoms with E-state index in [-0.39, 0.29) is 21.3 Å². The summed E-state index contributed by atoms with van der Waals surface area (Å²) in [6, 6.07) is 20.0. The van der Waals surface area contributed by atoms with Gasteiger partial charge in [-0.05, 0) is 48.2 Å². The highest BCUT2D eigenvalue weighted by Gasteiger charge is 2.27. The second-order valence-electron chi connectivity index (χ2n) is 8.60. The van der Waals surface area contributed by atoms with Crippen LogP contribution in [0.15, 0.2) is 86.9 Å². The third-order valence-electron chi connectivity index (χ3n) is 6.06. The summed E-state index contributed by atoms with van der Waals surface area (Å²) in [4.78, 5) is 24.9. The maximum absolute atomic E-state index is 12.8. The Labute approximate surface area is 218 Å². The Hall–Kier alpha value is -3.66. The number of nitrogens with zero attached hydrogens (tertiary/aromatic N) is 1. The predicted octanol–water partition coefficient (Wildman–Crippen LogP) is 4.92. The zero-order valence-corrected chi connectivity index (χ0v) is 21.2. The van der Waals surface area contributed by atoms with Crippen molar-refractivity contribution in [3.63, 3.8) is 0 Å². The predicted molar refractivity (Wildman–Crippen MR) is 141 cm³/mol. The Morgan fingerprint density at radius 2 is 1.76 bits per heavy atom. The third kappa shape index (κ3) is 5.39. The zero-order chi connectivity index (χ0) is 26.0. The number of sulfonamides is 1. The van der Waals surface area contributed by atoms with Gasteiger partial charge in [0.15, 0.2) is 6.61 Å². The van der Waals surface area contributed by atoms with Gasteiger partial charge in [0.05, 0.1) is 9.92 Å². The Morgan fingerprint density at radius 3 is 2.51 bits per heavy atom. The number of hydrogen-bond donors (Lipinski definition) is 1. The summed E-state index contributed by atoms with van der Waals surface area (Å²) in [5, 5.41) is 3.52. The van der Waals surface area contributed by atoms with Crippen LogP contribution in [0.1, 0.15) is 12.8 Å². The van der Waals surface area contributed by atoms with Crippen molar-refractivity contribution in [2.75, 3.05) is 25.0 Å². The van der Waals surface area contributed by atoms with Crippen LogP contribution in [0.25, 0.3) is 22.1 Å². The van der Waals surface area contributed by atoms with Gasteiger partial charge in [-0.1, -0.05) is 48.0 Å². The van der Waals surface area contributed by atoms with Crippen LogP contribution in [-0.4, -0.2) is 38.3 Å². The lowest BCUT2D eigenvalue weighted by molar-refractivity contribution is -0.118. The first-order valence-corrected chi connectivity index (χ1v) is 13.5. The molecule has 8 nitrogen and oxygen atoms in total. The molecule has 0 aliphatic carbocycles. The molecule has 0 radical (unpaired) electrons. The van der Waals surface area contributed by atoms with Crippen LogP contribution in [-0.2, 0) is 14.8 Å². The molecule has 1 N–H and O–H groups in total. The quantitative estimate of drug-likeness (QED) is 0.335. The SMILES string of the molecule is O=C(COc1cc2oc(=O)cc(-c3ccccc3)c2cc1Cl)Nc1cccc(S(=O)(=O)N2CCCC2)c1. The highest BCUT2D eigenvalue weighted by atomic mass is 35.5. The monoisotopic (exact) mass is 538 g/mol. The number of carbonyl (C=O) groups excluding carboxylic acids is 1. The van der Waals surface area contributed by atoms with Gasteiger partial charge in [0.2, 0.25) is 10.0 Å². The topological polar surface area (TPSA) is 106 Å². The fourth-order valence-electron chi connectivity index (χ4n) is 4.28. The van der Waals surface area contributed by atoms with E-state index in [4.69, 9.17) is 20.8 Å². The molecule has 1 aliphatic heterocycles. The summed E-state index contributed by atoms with van der Waals surface area (Å²) < 4.78 is 38.0. The van der Waals surface area contributed by atoms with Crippen LogP contribution >= 0.6 is 11.6 Å². The number of nitrogens with one attached hydrogen (secondary N) is 1. The normalized spacial score (nSPS) is 14.1. The Morgan fingerprint density at radius 1 is 1.00 bits per heavy atom. The molecular formula is C27H23ClN2O6S. The van der Waals surface area contributed by atoms with E-state index in [1.165, 1.54) is 28.6 Å². The molecule has 0 atom stereocenters. The molecule has 4 aromatic rings. The van der Waals surface area contributed by atoms with Crippen LogP contribution in [0.4, 0.5) is 5.69 Å². The van der Waals surface area contributed by atoms with Gasteiger partial charge < -0.3 is 14.5 Å². The van der Waals surface area contributed by atoms with E-state index in [1.54, 1.807) is 18.2 Å². The molecule has 1 amide bonds. The van der Waals surface area contributed by atoms with Crippen LogP contribution in [0, 0.1) is 0 Å². The Bertz CT molecular complexity index is 1630. The second-order valence-corrected chi connectivity index (χ2v) is 10.9.